The van der Waals surface area contributed by atoms with Crippen LogP contribution in [-0.4, -0.2) is 61.2 Å². The van der Waals surface area contributed by atoms with E-state index in [9.17, 15) is 4.79 Å². The Morgan fingerprint density at radius 1 is 1.21 bits per heavy atom. The fraction of sp³-hybridized carbons (Fsp3) is 0.583. The van der Waals surface area contributed by atoms with Crippen LogP contribution in [0, 0.1) is 0 Å². The molecule has 1 fully saturated rings. The highest BCUT2D eigenvalue weighted by molar-refractivity contribution is 5.98. The summed E-state index contributed by atoms with van der Waals surface area (Å²) in [4.78, 5) is 22.3. The molecule has 2 rings (SSSR count). The van der Waals surface area contributed by atoms with Crippen molar-refractivity contribution in [3.8, 4) is 11.8 Å². The van der Waals surface area contributed by atoms with E-state index in [0.717, 1.165) is 19.5 Å². The highest BCUT2D eigenvalue weighted by Crippen LogP contribution is 2.25. The maximum atomic E-state index is 12.6. The molecule has 0 bridgehead atoms. The molecule has 104 valence electrons. The molecule has 1 aliphatic rings. The van der Waals surface area contributed by atoms with E-state index in [1.807, 2.05) is 0 Å². The third-order valence-electron chi connectivity index (χ3n) is 3.01. The molecule has 1 aromatic rings. The van der Waals surface area contributed by atoms with Crippen molar-refractivity contribution in [2.75, 3.05) is 40.4 Å². The van der Waals surface area contributed by atoms with Crippen LogP contribution in [0.25, 0.3) is 0 Å². The van der Waals surface area contributed by atoms with Gasteiger partial charge in [0.2, 0.25) is 11.8 Å². The second-order valence-electron chi connectivity index (χ2n) is 4.16. The second kappa shape index (κ2) is 6.33. The minimum Gasteiger partial charge on any atom is -0.480 e. The van der Waals surface area contributed by atoms with Crippen molar-refractivity contribution in [1.82, 2.24) is 20.2 Å². The first kappa shape index (κ1) is 13.5. The first-order chi connectivity index (χ1) is 9.27. The maximum Gasteiger partial charge on any atom is 0.264 e. The number of ether oxygens (including phenoxy) is 2. The van der Waals surface area contributed by atoms with E-state index in [1.54, 1.807) is 4.90 Å². The van der Waals surface area contributed by atoms with Gasteiger partial charge in [0.15, 0.2) is 5.56 Å². The maximum absolute atomic E-state index is 12.6. The van der Waals surface area contributed by atoms with Crippen molar-refractivity contribution in [3.63, 3.8) is 0 Å². The van der Waals surface area contributed by atoms with Crippen molar-refractivity contribution in [1.29, 1.82) is 0 Å². The quantitative estimate of drug-likeness (QED) is 0.825. The number of hydrogen-bond donors (Lipinski definition) is 1. The summed E-state index contributed by atoms with van der Waals surface area (Å²) in [6.45, 7) is 3.06. The molecule has 0 aromatic carbocycles. The second-order valence-corrected chi connectivity index (χ2v) is 4.16. The molecule has 1 N–H and O–H groups in total. The summed E-state index contributed by atoms with van der Waals surface area (Å²) in [6.07, 6.45) is 2.24. The van der Waals surface area contributed by atoms with E-state index < -0.39 is 0 Å². The molecule has 7 nitrogen and oxygen atoms in total. The van der Waals surface area contributed by atoms with Gasteiger partial charge in [0.1, 0.15) is 6.33 Å². The Kier molecular flexibility index (Phi) is 4.51. The third kappa shape index (κ3) is 2.93. The Morgan fingerprint density at radius 3 is 2.53 bits per heavy atom. The van der Waals surface area contributed by atoms with Crippen molar-refractivity contribution in [3.05, 3.63) is 11.9 Å². The van der Waals surface area contributed by atoms with Crippen LogP contribution in [-0.2, 0) is 0 Å². The van der Waals surface area contributed by atoms with E-state index in [-0.39, 0.29) is 23.2 Å². The zero-order valence-electron chi connectivity index (χ0n) is 11.2. The van der Waals surface area contributed by atoms with Gasteiger partial charge in [-0.15, -0.1) is 0 Å². The minimum absolute atomic E-state index is 0.155. The van der Waals surface area contributed by atoms with Crippen LogP contribution in [0.3, 0.4) is 0 Å². The third-order valence-corrected chi connectivity index (χ3v) is 3.01. The standard InChI is InChI=1S/C12H18N4O3/c1-18-10-9(11(19-2)15-8-14-10)12(17)16-6-3-4-13-5-7-16/h8,13H,3-7H2,1-2H3. The van der Waals surface area contributed by atoms with Crippen molar-refractivity contribution in [2.45, 2.75) is 6.42 Å². The van der Waals surface area contributed by atoms with Crippen molar-refractivity contribution >= 4 is 5.91 Å². The summed E-state index contributed by atoms with van der Waals surface area (Å²) >= 11 is 0. The lowest BCUT2D eigenvalue weighted by molar-refractivity contribution is 0.0757. The van der Waals surface area contributed by atoms with E-state index in [4.69, 9.17) is 9.47 Å². The molecule has 1 amide bonds. The lowest BCUT2D eigenvalue weighted by Crippen LogP contribution is -2.34. The van der Waals surface area contributed by atoms with Crippen LogP contribution in [0.5, 0.6) is 11.8 Å². The molecular formula is C12H18N4O3. The van der Waals surface area contributed by atoms with Crippen LogP contribution < -0.4 is 14.8 Å². The zero-order valence-corrected chi connectivity index (χ0v) is 11.2. The largest absolute Gasteiger partial charge is 0.480 e. The topological polar surface area (TPSA) is 76.6 Å². The van der Waals surface area contributed by atoms with E-state index in [0.29, 0.717) is 13.1 Å². The van der Waals surface area contributed by atoms with Gasteiger partial charge >= 0.3 is 0 Å². The summed E-state index contributed by atoms with van der Waals surface area (Å²) < 4.78 is 10.3. The van der Waals surface area contributed by atoms with Gasteiger partial charge < -0.3 is 19.7 Å². The Morgan fingerprint density at radius 2 is 1.89 bits per heavy atom. The van der Waals surface area contributed by atoms with E-state index in [2.05, 4.69) is 15.3 Å². The van der Waals surface area contributed by atoms with Gasteiger partial charge in [-0.05, 0) is 13.0 Å². The molecule has 0 atom stereocenters. The first-order valence-corrected chi connectivity index (χ1v) is 6.21. The highest BCUT2D eigenvalue weighted by Gasteiger charge is 2.26. The first-order valence-electron chi connectivity index (χ1n) is 6.21. The Hall–Kier alpha value is -1.89. The van der Waals surface area contributed by atoms with Gasteiger partial charge in [0.25, 0.3) is 5.91 Å². The Bertz CT molecular complexity index is 422. The van der Waals surface area contributed by atoms with Gasteiger partial charge in [-0.2, -0.15) is 0 Å². The zero-order chi connectivity index (χ0) is 13.7. The average Bonchev–Trinajstić information content (AvgIpc) is 2.74. The number of carbonyl (C=O) groups excluding carboxylic acids is 1. The molecule has 0 unspecified atom stereocenters. The molecule has 2 heterocycles. The molecule has 19 heavy (non-hydrogen) atoms. The normalized spacial score (nSPS) is 15.8. The van der Waals surface area contributed by atoms with Crippen LogP contribution >= 0.6 is 0 Å². The highest BCUT2D eigenvalue weighted by atomic mass is 16.5. The van der Waals surface area contributed by atoms with Gasteiger partial charge in [-0.3, -0.25) is 4.79 Å². The monoisotopic (exact) mass is 266 g/mol. The fourth-order valence-corrected chi connectivity index (χ4v) is 2.05. The number of carbonyl (C=O) groups is 1. The fourth-order valence-electron chi connectivity index (χ4n) is 2.05. The van der Waals surface area contributed by atoms with E-state index in [1.165, 1.54) is 20.5 Å². The number of aromatic nitrogens is 2. The van der Waals surface area contributed by atoms with Gasteiger partial charge in [-0.25, -0.2) is 9.97 Å². The van der Waals surface area contributed by atoms with Crippen molar-refractivity contribution < 1.29 is 14.3 Å². The molecule has 0 saturated carbocycles. The van der Waals surface area contributed by atoms with Crippen LogP contribution in [0.15, 0.2) is 6.33 Å². The molecule has 0 aliphatic carbocycles. The molecule has 0 spiro atoms. The van der Waals surface area contributed by atoms with Gasteiger partial charge in [-0.1, -0.05) is 0 Å². The Labute approximate surface area is 111 Å². The van der Waals surface area contributed by atoms with E-state index >= 15 is 0 Å². The molecule has 0 radical (unpaired) electrons. The lowest BCUT2D eigenvalue weighted by Gasteiger charge is -2.21. The summed E-state index contributed by atoms with van der Waals surface area (Å²) in [5.41, 5.74) is 0.286. The van der Waals surface area contributed by atoms with Crippen molar-refractivity contribution in [2.24, 2.45) is 0 Å². The minimum atomic E-state index is -0.155. The summed E-state index contributed by atoms with van der Waals surface area (Å²) in [6, 6.07) is 0. The SMILES string of the molecule is COc1ncnc(OC)c1C(=O)N1CCCNCC1. The summed E-state index contributed by atoms with van der Waals surface area (Å²) in [5, 5.41) is 3.25. The van der Waals surface area contributed by atoms with Crippen LogP contribution in [0.4, 0.5) is 0 Å². The smallest absolute Gasteiger partial charge is 0.264 e. The number of methoxy groups -OCH3 is 2. The molecular weight excluding hydrogens is 248 g/mol. The number of hydrogen-bond acceptors (Lipinski definition) is 6. The predicted octanol–water partition coefficient (Wildman–Crippen LogP) is -0.0707. The Balaban J connectivity index is 2.30. The average molecular weight is 266 g/mol. The predicted molar refractivity (Wildman–Crippen MR) is 68.5 cm³/mol. The van der Waals surface area contributed by atoms with Gasteiger partial charge in [0, 0.05) is 19.6 Å². The number of rotatable bonds is 3. The number of amides is 1. The van der Waals surface area contributed by atoms with Crippen LogP contribution in [0.2, 0.25) is 0 Å². The summed E-state index contributed by atoms with van der Waals surface area (Å²) in [7, 11) is 2.95. The molecule has 7 heteroatoms. The molecule has 1 aromatic heterocycles. The van der Waals surface area contributed by atoms with Gasteiger partial charge in [0.05, 0.1) is 14.2 Å². The molecule has 1 aliphatic heterocycles. The lowest BCUT2D eigenvalue weighted by atomic mass is 10.2. The molecule has 1 saturated heterocycles. The van der Waals surface area contributed by atoms with Crippen LogP contribution in [0.1, 0.15) is 16.8 Å². The number of nitrogens with zero attached hydrogens (tertiary/aromatic N) is 3. The number of nitrogens with one attached hydrogen (secondary N) is 1. The summed E-state index contributed by atoms with van der Waals surface area (Å²) in [5.74, 6) is 0.334.